The van der Waals surface area contributed by atoms with E-state index in [1.165, 1.54) is 7.11 Å². The Morgan fingerprint density at radius 3 is 2.08 bits per heavy atom. The lowest BCUT2D eigenvalue weighted by Crippen LogP contribution is -2.51. The summed E-state index contributed by atoms with van der Waals surface area (Å²) in [6.45, 7) is 17.0. The van der Waals surface area contributed by atoms with Crippen LogP contribution in [0.4, 0.5) is 4.79 Å². The highest BCUT2D eigenvalue weighted by Crippen LogP contribution is 2.36. The molecule has 0 rings (SSSR count). The summed E-state index contributed by atoms with van der Waals surface area (Å²) >= 11 is 0. The van der Waals surface area contributed by atoms with Crippen LogP contribution < -0.4 is 10.6 Å². The van der Waals surface area contributed by atoms with Crippen molar-refractivity contribution < 1.29 is 23.5 Å². The van der Waals surface area contributed by atoms with E-state index in [2.05, 4.69) is 49.2 Å². The van der Waals surface area contributed by atoms with Crippen molar-refractivity contribution in [1.29, 1.82) is 0 Å². The summed E-state index contributed by atoms with van der Waals surface area (Å²) in [4.78, 5) is 23.3. The van der Waals surface area contributed by atoms with Gasteiger partial charge >= 0.3 is 12.1 Å². The maximum atomic E-state index is 12.0. The van der Waals surface area contributed by atoms with Crippen LogP contribution in [0.15, 0.2) is 0 Å². The molecular weight excluding hydrogens is 340 g/mol. The third kappa shape index (κ3) is 10.5. The summed E-state index contributed by atoms with van der Waals surface area (Å²) in [5.41, 5.74) is -0.575. The number of hydrogen-bond acceptors (Lipinski definition) is 6. The second-order valence-corrected chi connectivity index (χ2v) is 13.4. The van der Waals surface area contributed by atoms with Crippen molar-refractivity contribution in [2.75, 3.05) is 26.8 Å². The molecule has 0 aliphatic rings. The molecule has 0 heterocycles. The third-order valence-electron chi connectivity index (χ3n) is 4.06. The minimum Gasteiger partial charge on any atom is -0.468 e. The van der Waals surface area contributed by atoms with Gasteiger partial charge in [-0.1, -0.05) is 20.8 Å². The third-order valence-corrected chi connectivity index (χ3v) is 8.56. The van der Waals surface area contributed by atoms with Crippen molar-refractivity contribution in [3.05, 3.63) is 0 Å². The normalized spacial score (nSPS) is 14.0. The number of alkyl carbamates (subject to hydrolysis) is 1. The summed E-state index contributed by atoms with van der Waals surface area (Å²) in [5, 5.41) is 5.85. The van der Waals surface area contributed by atoms with E-state index in [0.29, 0.717) is 13.2 Å². The monoisotopic (exact) mass is 376 g/mol. The molecule has 1 atom stereocenters. The molecule has 0 aromatic heterocycles. The van der Waals surface area contributed by atoms with Gasteiger partial charge in [-0.2, -0.15) is 0 Å². The van der Waals surface area contributed by atoms with E-state index in [0.717, 1.165) is 0 Å². The molecule has 0 aromatic rings. The van der Waals surface area contributed by atoms with Gasteiger partial charge in [-0.15, -0.1) is 0 Å². The van der Waals surface area contributed by atoms with Crippen LogP contribution in [0.1, 0.15) is 41.5 Å². The number of carbonyl (C=O) groups excluding carboxylic acids is 2. The Morgan fingerprint density at radius 1 is 1.08 bits per heavy atom. The fourth-order valence-corrected chi connectivity index (χ4v) is 2.62. The minimum absolute atomic E-state index is 0.0723. The molecule has 8 heteroatoms. The zero-order valence-corrected chi connectivity index (χ0v) is 18.2. The Morgan fingerprint density at radius 2 is 1.64 bits per heavy atom. The first-order chi connectivity index (χ1) is 11.2. The van der Waals surface area contributed by atoms with E-state index in [1.54, 1.807) is 0 Å². The van der Waals surface area contributed by atoms with E-state index in [-0.39, 0.29) is 23.6 Å². The van der Waals surface area contributed by atoms with Gasteiger partial charge in [0.2, 0.25) is 0 Å². The van der Waals surface area contributed by atoms with Gasteiger partial charge in [0.1, 0.15) is 5.60 Å². The van der Waals surface area contributed by atoms with Gasteiger partial charge in [0.15, 0.2) is 8.32 Å². The molecule has 0 fully saturated rings. The summed E-state index contributed by atoms with van der Waals surface area (Å²) in [6, 6.07) is -0.311. The van der Waals surface area contributed by atoms with E-state index < -0.39 is 20.0 Å². The molecule has 0 radical (unpaired) electrons. The van der Waals surface area contributed by atoms with Crippen LogP contribution in [-0.4, -0.2) is 58.8 Å². The fourth-order valence-electron chi connectivity index (χ4n) is 1.57. The number of rotatable bonds is 8. The van der Waals surface area contributed by atoms with Crippen molar-refractivity contribution in [3.8, 4) is 0 Å². The van der Waals surface area contributed by atoms with Crippen molar-refractivity contribution in [2.24, 2.45) is 0 Å². The van der Waals surface area contributed by atoms with Crippen LogP contribution in [0, 0.1) is 0 Å². The average Bonchev–Trinajstić information content (AvgIpc) is 2.41. The van der Waals surface area contributed by atoms with Gasteiger partial charge in [-0.05, 0) is 38.9 Å². The van der Waals surface area contributed by atoms with Crippen molar-refractivity contribution in [3.63, 3.8) is 0 Å². The summed E-state index contributed by atoms with van der Waals surface area (Å²) in [6.07, 6.45) is -0.504. The average molecular weight is 377 g/mol. The highest BCUT2D eigenvalue weighted by atomic mass is 28.4. The summed E-state index contributed by atoms with van der Waals surface area (Å²) in [7, 11) is -0.611. The first kappa shape index (κ1) is 23.9. The number of carbonyl (C=O) groups is 2. The predicted octanol–water partition coefficient (Wildman–Crippen LogP) is 2.66. The number of hydrogen-bond donors (Lipinski definition) is 2. The molecule has 0 aliphatic heterocycles. The van der Waals surface area contributed by atoms with Crippen LogP contribution in [0.3, 0.4) is 0 Å². The van der Waals surface area contributed by atoms with Crippen LogP contribution in [0.25, 0.3) is 0 Å². The Balaban J connectivity index is 4.77. The van der Waals surface area contributed by atoms with Gasteiger partial charge in [0.25, 0.3) is 0 Å². The molecule has 0 aromatic carbocycles. The maximum absolute atomic E-state index is 12.0. The first-order valence-electron chi connectivity index (χ1n) is 8.59. The molecule has 25 heavy (non-hydrogen) atoms. The highest BCUT2D eigenvalue weighted by molar-refractivity contribution is 6.74. The van der Waals surface area contributed by atoms with Crippen LogP contribution >= 0.6 is 0 Å². The van der Waals surface area contributed by atoms with Crippen LogP contribution in [0.5, 0.6) is 0 Å². The molecule has 0 saturated carbocycles. The SMILES string of the molecule is COC(=O)CNCC(CO[Si](C)(C)C(C)(C)C)NC(=O)OC(C)(C)C. The zero-order chi connectivity index (χ0) is 19.9. The van der Waals surface area contributed by atoms with Gasteiger partial charge in [0, 0.05) is 6.54 Å². The quantitative estimate of drug-likeness (QED) is 0.500. The molecule has 7 nitrogen and oxygen atoms in total. The van der Waals surface area contributed by atoms with Crippen LogP contribution in [-0.2, 0) is 18.7 Å². The maximum Gasteiger partial charge on any atom is 0.407 e. The summed E-state index contributed by atoms with van der Waals surface area (Å²) in [5.74, 6) is -0.360. The largest absolute Gasteiger partial charge is 0.468 e. The molecule has 0 saturated heterocycles. The van der Waals surface area contributed by atoms with Crippen molar-refractivity contribution >= 4 is 20.4 Å². The smallest absolute Gasteiger partial charge is 0.407 e. The lowest BCUT2D eigenvalue weighted by atomic mass is 10.2. The Hall–Kier alpha value is -1.12. The molecule has 1 unspecified atom stereocenters. The number of amides is 1. The topological polar surface area (TPSA) is 85.9 Å². The van der Waals surface area contributed by atoms with E-state index >= 15 is 0 Å². The van der Waals surface area contributed by atoms with E-state index in [9.17, 15) is 9.59 Å². The number of esters is 1. The van der Waals surface area contributed by atoms with Gasteiger partial charge in [0.05, 0.1) is 26.3 Å². The molecule has 2 N–H and O–H groups in total. The van der Waals surface area contributed by atoms with Gasteiger partial charge < -0.3 is 24.5 Å². The lowest BCUT2D eigenvalue weighted by molar-refractivity contribution is -0.139. The highest BCUT2D eigenvalue weighted by Gasteiger charge is 2.37. The zero-order valence-electron chi connectivity index (χ0n) is 17.2. The Bertz CT molecular complexity index is 441. The summed E-state index contributed by atoms with van der Waals surface area (Å²) < 4.78 is 16.1. The predicted molar refractivity (Wildman–Crippen MR) is 101 cm³/mol. The standard InChI is InChI=1S/C17H36N2O5Si/c1-16(2,3)24-15(21)19-13(10-18-11-14(20)22-7)12-23-25(8,9)17(4,5)6/h13,18H,10-12H2,1-9H3,(H,19,21). The Labute approximate surface area is 153 Å². The van der Waals surface area contributed by atoms with E-state index in [1.807, 2.05) is 20.8 Å². The molecular formula is C17H36N2O5Si. The van der Waals surface area contributed by atoms with Crippen molar-refractivity contribution in [1.82, 2.24) is 10.6 Å². The number of ether oxygens (including phenoxy) is 2. The molecule has 148 valence electrons. The molecule has 1 amide bonds. The number of nitrogens with one attached hydrogen (secondary N) is 2. The van der Waals surface area contributed by atoms with Crippen molar-refractivity contribution in [2.45, 2.75) is 71.3 Å². The van der Waals surface area contributed by atoms with Gasteiger partial charge in [-0.3, -0.25) is 4.79 Å². The second kappa shape index (κ2) is 9.54. The molecule has 0 spiro atoms. The minimum atomic E-state index is -1.94. The molecule has 0 aliphatic carbocycles. The fraction of sp³-hybridized carbons (Fsp3) is 0.882. The van der Waals surface area contributed by atoms with Gasteiger partial charge in [-0.25, -0.2) is 4.79 Å². The molecule has 0 bridgehead atoms. The van der Waals surface area contributed by atoms with Crippen LogP contribution in [0.2, 0.25) is 18.1 Å². The lowest BCUT2D eigenvalue weighted by Gasteiger charge is -2.37. The Kier molecular flexibility index (Phi) is 9.11. The first-order valence-corrected chi connectivity index (χ1v) is 11.5. The van der Waals surface area contributed by atoms with E-state index in [4.69, 9.17) is 9.16 Å². The second-order valence-electron chi connectivity index (χ2n) is 8.62. The number of methoxy groups -OCH3 is 1.